The molecule has 0 N–H and O–H groups in total. The molecule has 1 aromatic rings. The molecule has 1 atom stereocenters. The van der Waals surface area contributed by atoms with Crippen molar-refractivity contribution < 1.29 is 4.74 Å². The second-order valence-electron chi connectivity index (χ2n) is 4.40. The summed E-state index contributed by atoms with van der Waals surface area (Å²) in [5.74, 6) is 0. The van der Waals surface area contributed by atoms with Crippen LogP contribution in [0.5, 0.6) is 0 Å². The average molecular weight is 358 g/mol. The Balaban J connectivity index is 2.33. The van der Waals surface area contributed by atoms with Gasteiger partial charge in [-0.15, -0.1) is 0 Å². The van der Waals surface area contributed by atoms with Gasteiger partial charge >= 0.3 is 0 Å². The van der Waals surface area contributed by atoms with Gasteiger partial charge in [-0.3, -0.25) is 0 Å². The van der Waals surface area contributed by atoms with Gasteiger partial charge in [-0.05, 0) is 53.6 Å². The fourth-order valence-electron chi connectivity index (χ4n) is 1.97. The first kappa shape index (κ1) is 13.8. The van der Waals surface area contributed by atoms with Crippen molar-refractivity contribution >= 4 is 28.8 Å². The van der Waals surface area contributed by atoms with Gasteiger partial charge in [-0.2, -0.15) is 0 Å². The lowest BCUT2D eigenvalue weighted by Crippen LogP contribution is -2.43. The smallest absolute Gasteiger partial charge is 0.228 e. The van der Waals surface area contributed by atoms with E-state index in [0.29, 0.717) is 0 Å². The van der Waals surface area contributed by atoms with Crippen molar-refractivity contribution in [2.45, 2.75) is 33.0 Å². The Morgan fingerprint density at radius 2 is 2.17 bits per heavy atom. The molecule has 0 saturated heterocycles. The molecule has 4 heteroatoms. The number of halogens is 1. The van der Waals surface area contributed by atoms with Crippen molar-refractivity contribution in [1.82, 2.24) is 4.90 Å². The lowest BCUT2D eigenvalue weighted by Gasteiger charge is -2.29. The summed E-state index contributed by atoms with van der Waals surface area (Å²) < 4.78 is 7.05. The summed E-state index contributed by atoms with van der Waals surface area (Å²) >= 11 is 2.33. The summed E-state index contributed by atoms with van der Waals surface area (Å²) in [4.78, 5) is 6.88. The molecule has 2 rings (SSSR count). The highest BCUT2D eigenvalue weighted by molar-refractivity contribution is 14.1. The van der Waals surface area contributed by atoms with Gasteiger partial charge in [0.15, 0.2) is 0 Å². The molecule has 0 spiro atoms. The molecule has 1 aliphatic rings. The molecule has 0 saturated carbocycles. The fraction of sp³-hybridized carbons (Fsp3) is 0.500. The largest absolute Gasteiger partial charge is 0.339 e. The normalized spacial score (nSPS) is 17.9. The Hall–Kier alpha value is -0.620. The van der Waals surface area contributed by atoms with Gasteiger partial charge in [0.2, 0.25) is 6.35 Å². The van der Waals surface area contributed by atoms with E-state index in [1.54, 1.807) is 0 Å². The zero-order valence-electron chi connectivity index (χ0n) is 10.9. The summed E-state index contributed by atoms with van der Waals surface area (Å²) in [6, 6.07) is 6.32. The van der Waals surface area contributed by atoms with Crippen LogP contribution in [0.3, 0.4) is 0 Å². The van der Waals surface area contributed by atoms with Crippen LogP contribution < -0.4 is 10.6 Å². The van der Waals surface area contributed by atoms with Gasteiger partial charge in [-0.25, -0.2) is 4.99 Å². The first-order valence-corrected chi connectivity index (χ1v) is 7.55. The second kappa shape index (κ2) is 6.52. The number of hydrogen-bond donors (Lipinski definition) is 0. The van der Waals surface area contributed by atoms with Crippen LogP contribution in [0.15, 0.2) is 23.2 Å². The molecule has 1 aliphatic heterocycles. The van der Waals surface area contributed by atoms with Crippen molar-refractivity contribution in [1.29, 1.82) is 0 Å². The molecule has 18 heavy (non-hydrogen) atoms. The fourth-order valence-corrected chi connectivity index (χ4v) is 2.49. The van der Waals surface area contributed by atoms with E-state index in [-0.39, 0.29) is 6.35 Å². The van der Waals surface area contributed by atoms with Gasteiger partial charge in [0.05, 0.1) is 12.0 Å². The quantitative estimate of drug-likeness (QED) is 0.753. The van der Waals surface area contributed by atoms with E-state index in [9.17, 15) is 0 Å². The van der Waals surface area contributed by atoms with Crippen molar-refractivity contribution in [2.24, 2.45) is 4.99 Å². The maximum absolute atomic E-state index is 5.81. The predicted molar refractivity (Wildman–Crippen MR) is 81.4 cm³/mol. The van der Waals surface area contributed by atoms with Gasteiger partial charge in [0.25, 0.3) is 0 Å². The molecule has 0 amide bonds. The highest BCUT2D eigenvalue weighted by Crippen LogP contribution is 2.08. The van der Waals surface area contributed by atoms with Crippen LogP contribution in [0.2, 0.25) is 0 Å². The molecule has 0 aromatic heterocycles. The maximum atomic E-state index is 5.81. The minimum Gasteiger partial charge on any atom is -0.339 e. The van der Waals surface area contributed by atoms with Gasteiger partial charge in [-0.1, -0.05) is 13.8 Å². The minimum absolute atomic E-state index is 0.155. The monoisotopic (exact) mass is 358 g/mol. The third-order valence-electron chi connectivity index (χ3n) is 2.78. The Labute approximate surface area is 122 Å². The number of fused-ring (bicyclic) bond motifs is 1. The van der Waals surface area contributed by atoms with E-state index >= 15 is 0 Å². The van der Waals surface area contributed by atoms with Gasteiger partial charge in [0.1, 0.15) is 0 Å². The third kappa shape index (κ3) is 3.23. The highest BCUT2D eigenvalue weighted by Gasteiger charge is 2.16. The summed E-state index contributed by atoms with van der Waals surface area (Å²) in [6.45, 7) is 6.02. The van der Waals surface area contributed by atoms with Crippen molar-refractivity contribution in [3.8, 4) is 0 Å². The standard InChI is InChI=1S/C14H19IN2O/c1-3-7-17-10-11-9-12(15)5-6-13(11)16-14(17)18-8-4-2/h5-6,9-10,14H,3-4,7-8H2,1-2H3. The van der Waals surface area contributed by atoms with E-state index in [2.05, 4.69) is 65.7 Å². The molecule has 0 fully saturated rings. The molecular weight excluding hydrogens is 339 g/mol. The van der Waals surface area contributed by atoms with E-state index in [1.807, 2.05) is 0 Å². The van der Waals surface area contributed by atoms with Crippen LogP contribution in [0, 0.1) is 3.57 Å². The first-order valence-electron chi connectivity index (χ1n) is 6.47. The Morgan fingerprint density at radius 1 is 1.33 bits per heavy atom. The second-order valence-corrected chi connectivity index (χ2v) is 5.64. The molecule has 98 valence electrons. The number of ether oxygens (including phenoxy) is 1. The third-order valence-corrected chi connectivity index (χ3v) is 3.45. The lowest BCUT2D eigenvalue weighted by atomic mass is 10.2. The lowest BCUT2D eigenvalue weighted by molar-refractivity contribution is -0.0264. The average Bonchev–Trinajstić information content (AvgIpc) is 2.36. The number of benzene rings is 1. The van der Waals surface area contributed by atoms with E-state index in [4.69, 9.17) is 9.73 Å². The number of rotatable bonds is 5. The van der Waals surface area contributed by atoms with Crippen molar-refractivity contribution in [2.75, 3.05) is 13.2 Å². The highest BCUT2D eigenvalue weighted by atomic mass is 127. The summed E-state index contributed by atoms with van der Waals surface area (Å²) in [7, 11) is 0. The topological polar surface area (TPSA) is 24.8 Å². The van der Waals surface area contributed by atoms with Crippen molar-refractivity contribution in [3.05, 3.63) is 32.3 Å². The Morgan fingerprint density at radius 3 is 2.89 bits per heavy atom. The molecule has 1 heterocycles. The van der Waals surface area contributed by atoms with E-state index in [0.717, 1.165) is 31.4 Å². The van der Waals surface area contributed by atoms with Crippen molar-refractivity contribution in [3.63, 3.8) is 0 Å². The molecule has 0 aliphatic carbocycles. The number of hydrogen-bond acceptors (Lipinski definition) is 3. The van der Waals surface area contributed by atoms with Crippen LogP contribution in [0.1, 0.15) is 26.7 Å². The summed E-state index contributed by atoms with van der Waals surface area (Å²) in [6.07, 6.45) is 4.13. The number of nitrogens with zero attached hydrogens (tertiary/aromatic N) is 2. The molecule has 1 unspecified atom stereocenters. The summed E-state index contributed by atoms with van der Waals surface area (Å²) in [5, 5.41) is 2.22. The van der Waals surface area contributed by atoms with E-state index in [1.165, 1.54) is 8.79 Å². The van der Waals surface area contributed by atoms with Crippen LogP contribution >= 0.6 is 22.6 Å². The van der Waals surface area contributed by atoms with Crippen LogP contribution in [0.4, 0.5) is 0 Å². The van der Waals surface area contributed by atoms with E-state index < -0.39 is 0 Å². The molecule has 0 bridgehead atoms. The Bertz CT molecular complexity index is 515. The van der Waals surface area contributed by atoms with Gasteiger partial charge < -0.3 is 9.64 Å². The SMILES string of the molecule is CCCOC1N=c2ccc(I)cc2=CN1CCC. The molecule has 0 radical (unpaired) electrons. The van der Waals surface area contributed by atoms with Crippen LogP contribution in [-0.4, -0.2) is 24.4 Å². The predicted octanol–water partition coefficient (Wildman–Crippen LogP) is 2.08. The zero-order chi connectivity index (χ0) is 13.0. The molecule has 1 aromatic carbocycles. The minimum atomic E-state index is -0.155. The zero-order valence-corrected chi connectivity index (χ0v) is 13.1. The molecular formula is C14H19IN2O. The maximum Gasteiger partial charge on any atom is 0.228 e. The van der Waals surface area contributed by atoms with Gasteiger partial charge in [0, 0.05) is 21.5 Å². The summed E-state index contributed by atoms with van der Waals surface area (Å²) in [5.41, 5.74) is 0. The van der Waals surface area contributed by atoms with Crippen LogP contribution in [0.25, 0.3) is 6.20 Å². The Kier molecular flexibility index (Phi) is 5.00. The first-order chi connectivity index (χ1) is 8.74. The molecule has 3 nitrogen and oxygen atoms in total. The van der Waals surface area contributed by atoms with Crippen LogP contribution in [-0.2, 0) is 4.74 Å².